The van der Waals surface area contributed by atoms with Crippen molar-refractivity contribution in [3.8, 4) is 5.75 Å². The maximum Gasteiger partial charge on any atom is 0.236 e. The Bertz CT molecular complexity index is 427. The van der Waals surface area contributed by atoms with Crippen LogP contribution in [0.25, 0.3) is 0 Å². The van der Waals surface area contributed by atoms with Crippen LogP contribution in [0.2, 0.25) is 0 Å². The van der Waals surface area contributed by atoms with Gasteiger partial charge in [0, 0.05) is 19.1 Å². The number of aryl methyl sites for hydroxylation is 1. The molecule has 118 valence electrons. The molecule has 0 aliphatic rings. The highest BCUT2D eigenvalue weighted by Gasteiger charge is 2.16. The average Bonchev–Trinajstić information content (AvgIpc) is 2.47. The summed E-state index contributed by atoms with van der Waals surface area (Å²) in [5.41, 5.74) is 1.21. The minimum Gasteiger partial charge on any atom is -0.508 e. The largest absolute Gasteiger partial charge is 0.508 e. The van der Waals surface area contributed by atoms with E-state index in [-0.39, 0.29) is 5.91 Å². The van der Waals surface area contributed by atoms with Gasteiger partial charge < -0.3 is 10.0 Å². The molecule has 1 rings (SSSR count). The van der Waals surface area contributed by atoms with Gasteiger partial charge in [-0.2, -0.15) is 0 Å². The number of benzene rings is 1. The number of phenolic OH excluding ortho intramolecular Hbond substituents is 1. The van der Waals surface area contributed by atoms with Gasteiger partial charge in [0.2, 0.25) is 5.91 Å². The molecule has 0 aromatic heterocycles. The summed E-state index contributed by atoms with van der Waals surface area (Å²) in [7, 11) is 2.00. The standard InChI is InChI=1S/C17H28N2O2/c1-5-19(6-2)17(21)13-18(4)14(3)7-8-15-9-11-16(20)12-10-15/h9-12,14,20H,5-8,13H2,1-4H3. The maximum absolute atomic E-state index is 12.1. The van der Waals surface area contributed by atoms with E-state index in [9.17, 15) is 9.90 Å². The number of carbonyl (C=O) groups is 1. The van der Waals surface area contributed by atoms with Crippen LogP contribution in [0.3, 0.4) is 0 Å². The molecule has 1 unspecified atom stereocenters. The molecule has 0 aliphatic carbocycles. The van der Waals surface area contributed by atoms with E-state index in [1.165, 1.54) is 5.56 Å². The molecule has 1 aromatic carbocycles. The third kappa shape index (κ3) is 5.76. The second kappa shape index (κ2) is 8.67. The number of likely N-dealkylation sites (N-methyl/N-ethyl adjacent to an activating group) is 2. The molecule has 0 fully saturated rings. The van der Waals surface area contributed by atoms with E-state index in [0.717, 1.165) is 25.9 Å². The van der Waals surface area contributed by atoms with Crippen LogP contribution >= 0.6 is 0 Å². The molecule has 0 aliphatic heterocycles. The predicted octanol–water partition coefficient (Wildman–Crippen LogP) is 2.51. The van der Waals surface area contributed by atoms with E-state index in [1.807, 2.05) is 37.9 Å². The van der Waals surface area contributed by atoms with Gasteiger partial charge in [0.1, 0.15) is 5.75 Å². The van der Waals surface area contributed by atoms with Crippen LogP contribution < -0.4 is 0 Å². The fourth-order valence-electron chi connectivity index (χ4n) is 2.30. The van der Waals surface area contributed by atoms with Crippen LogP contribution in [-0.4, -0.2) is 53.5 Å². The van der Waals surface area contributed by atoms with Crippen molar-refractivity contribution in [2.24, 2.45) is 0 Å². The Hall–Kier alpha value is -1.55. The maximum atomic E-state index is 12.1. The third-order valence-electron chi connectivity index (χ3n) is 4.04. The van der Waals surface area contributed by atoms with Crippen molar-refractivity contribution in [2.45, 2.75) is 39.7 Å². The summed E-state index contributed by atoms with van der Waals surface area (Å²) in [6, 6.07) is 7.67. The van der Waals surface area contributed by atoms with Crippen molar-refractivity contribution in [1.29, 1.82) is 0 Å². The molecule has 1 N–H and O–H groups in total. The zero-order chi connectivity index (χ0) is 15.8. The normalized spacial score (nSPS) is 12.4. The number of rotatable bonds is 8. The Balaban J connectivity index is 2.42. The minimum atomic E-state index is 0.194. The zero-order valence-corrected chi connectivity index (χ0v) is 13.7. The van der Waals surface area contributed by atoms with Crippen molar-refractivity contribution in [3.05, 3.63) is 29.8 Å². The average molecular weight is 292 g/mol. The lowest BCUT2D eigenvalue weighted by molar-refractivity contribution is -0.132. The molecule has 21 heavy (non-hydrogen) atoms. The monoisotopic (exact) mass is 292 g/mol. The summed E-state index contributed by atoms with van der Waals surface area (Å²) in [4.78, 5) is 16.1. The fourth-order valence-corrected chi connectivity index (χ4v) is 2.30. The van der Waals surface area contributed by atoms with Gasteiger partial charge in [-0.05, 0) is 58.4 Å². The second-order valence-corrected chi connectivity index (χ2v) is 5.54. The number of carbonyl (C=O) groups excluding carboxylic acids is 1. The number of phenols is 1. The number of hydrogen-bond donors (Lipinski definition) is 1. The summed E-state index contributed by atoms with van der Waals surface area (Å²) >= 11 is 0. The van der Waals surface area contributed by atoms with Gasteiger partial charge in [0.15, 0.2) is 0 Å². The highest BCUT2D eigenvalue weighted by atomic mass is 16.3. The SMILES string of the molecule is CCN(CC)C(=O)CN(C)C(C)CCc1ccc(O)cc1. The van der Waals surface area contributed by atoms with Crippen molar-refractivity contribution in [3.63, 3.8) is 0 Å². The predicted molar refractivity (Wildman–Crippen MR) is 86.4 cm³/mol. The highest BCUT2D eigenvalue weighted by Crippen LogP contribution is 2.13. The molecule has 0 heterocycles. The fraction of sp³-hybridized carbons (Fsp3) is 0.588. The number of aromatic hydroxyl groups is 1. The molecule has 0 spiro atoms. The first-order valence-corrected chi connectivity index (χ1v) is 7.73. The van der Waals surface area contributed by atoms with Crippen molar-refractivity contribution in [1.82, 2.24) is 9.80 Å². The first-order chi connectivity index (χ1) is 9.97. The van der Waals surface area contributed by atoms with Crippen LogP contribution in [0, 0.1) is 0 Å². The molecule has 4 nitrogen and oxygen atoms in total. The van der Waals surface area contributed by atoms with E-state index in [0.29, 0.717) is 18.3 Å². The molecule has 0 bridgehead atoms. The zero-order valence-electron chi connectivity index (χ0n) is 13.7. The Labute approximate surface area is 128 Å². The first-order valence-electron chi connectivity index (χ1n) is 7.73. The van der Waals surface area contributed by atoms with Crippen molar-refractivity contribution in [2.75, 3.05) is 26.7 Å². The summed E-state index contributed by atoms with van der Waals surface area (Å²) in [6.07, 6.45) is 1.94. The Kier molecular flexibility index (Phi) is 7.23. The third-order valence-corrected chi connectivity index (χ3v) is 4.04. The molecule has 0 saturated carbocycles. The molecule has 0 saturated heterocycles. The molecule has 1 aromatic rings. The van der Waals surface area contributed by atoms with Gasteiger partial charge in [-0.3, -0.25) is 9.69 Å². The van der Waals surface area contributed by atoms with E-state index in [1.54, 1.807) is 12.1 Å². The molecular formula is C17H28N2O2. The Morgan fingerprint density at radius 1 is 1.19 bits per heavy atom. The Morgan fingerprint density at radius 2 is 1.76 bits per heavy atom. The molecular weight excluding hydrogens is 264 g/mol. The minimum absolute atomic E-state index is 0.194. The van der Waals surface area contributed by atoms with Gasteiger partial charge >= 0.3 is 0 Å². The number of amides is 1. The number of hydrogen-bond acceptors (Lipinski definition) is 3. The summed E-state index contributed by atoms with van der Waals surface area (Å²) in [5.74, 6) is 0.493. The van der Waals surface area contributed by atoms with E-state index in [4.69, 9.17) is 0 Å². The molecule has 0 radical (unpaired) electrons. The van der Waals surface area contributed by atoms with Crippen LogP contribution in [0.5, 0.6) is 5.75 Å². The molecule has 1 atom stereocenters. The van der Waals surface area contributed by atoms with Crippen LogP contribution in [0.1, 0.15) is 32.8 Å². The highest BCUT2D eigenvalue weighted by molar-refractivity contribution is 5.78. The van der Waals surface area contributed by atoms with Crippen molar-refractivity contribution >= 4 is 5.91 Å². The molecule has 1 amide bonds. The molecule has 4 heteroatoms. The van der Waals surface area contributed by atoms with Crippen LogP contribution in [0.4, 0.5) is 0 Å². The topological polar surface area (TPSA) is 43.8 Å². The smallest absolute Gasteiger partial charge is 0.236 e. The van der Waals surface area contributed by atoms with Crippen LogP contribution in [0.15, 0.2) is 24.3 Å². The van der Waals surface area contributed by atoms with Gasteiger partial charge in [-0.15, -0.1) is 0 Å². The summed E-state index contributed by atoms with van der Waals surface area (Å²) in [5, 5.41) is 9.27. The van der Waals surface area contributed by atoms with E-state index in [2.05, 4.69) is 11.8 Å². The Morgan fingerprint density at radius 3 is 2.29 bits per heavy atom. The van der Waals surface area contributed by atoms with Crippen LogP contribution in [-0.2, 0) is 11.2 Å². The van der Waals surface area contributed by atoms with E-state index >= 15 is 0 Å². The van der Waals surface area contributed by atoms with Gasteiger partial charge in [0.05, 0.1) is 6.54 Å². The first kappa shape index (κ1) is 17.5. The second-order valence-electron chi connectivity index (χ2n) is 5.54. The lowest BCUT2D eigenvalue weighted by Crippen LogP contribution is -2.41. The number of nitrogens with zero attached hydrogens (tertiary/aromatic N) is 2. The van der Waals surface area contributed by atoms with Gasteiger partial charge in [0.25, 0.3) is 0 Å². The quantitative estimate of drug-likeness (QED) is 0.800. The van der Waals surface area contributed by atoms with E-state index < -0.39 is 0 Å². The lowest BCUT2D eigenvalue weighted by Gasteiger charge is -2.27. The summed E-state index contributed by atoms with van der Waals surface area (Å²) < 4.78 is 0. The summed E-state index contributed by atoms with van der Waals surface area (Å²) in [6.45, 7) is 8.18. The lowest BCUT2D eigenvalue weighted by atomic mass is 10.1. The van der Waals surface area contributed by atoms with Crippen molar-refractivity contribution < 1.29 is 9.90 Å². The van der Waals surface area contributed by atoms with Gasteiger partial charge in [-0.25, -0.2) is 0 Å². The van der Waals surface area contributed by atoms with Gasteiger partial charge in [-0.1, -0.05) is 12.1 Å².